The minimum absolute atomic E-state index is 0.0348. The average molecular weight is 177 g/mol. The predicted molar refractivity (Wildman–Crippen MR) is 49.9 cm³/mol. The number of H-pyrrole nitrogens is 1. The first-order valence-electron chi connectivity index (χ1n) is 4.25. The highest BCUT2D eigenvalue weighted by atomic mass is 16.1. The van der Waals surface area contributed by atoms with Crippen molar-refractivity contribution in [3.8, 4) is 0 Å². The highest BCUT2D eigenvalue weighted by Gasteiger charge is 2.04. The van der Waals surface area contributed by atoms with Crippen molar-refractivity contribution in [2.75, 3.05) is 0 Å². The molecule has 0 aromatic carbocycles. The van der Waals surface area contributed by atoms with E-state index >= 15 is 0 Å². The lowest BCUT2D eigenvalue weighted by molar-refractivity contribution is 0.760. The van der Waals surface area contributed by atoms with Crippen LogP contribution in [0.1, 0.15) is 25.5 Å². The molecule has 0 fully saturated rings. The summed E-state index contributed by atoms with van der Waals surface area (Å²) in [6, 6.07) is 1.60. The Morgan fingerprint density at radius 2 is 2.31 bits per heavy atom. The first-order chi connectivity index (χ1) is 6.18. The lowest BCUT2D eigenvalue weighted by Crippen LogP contribution is -2.11. The Morgan fingerprint density at radius 1 is 1.54 bits per heavy atom. The molecule has 0 saturated heterocycles. The quantitative estimate of drug-likeness (QED) is 0.710. The van der Waals surface area contributed by atoms with Gasteiger partial charge in [-0.15, -0.1) is 0 Å². The number of aromatic amines is 1. The summed E-state index contributed by atoms with van der Waals surface area (Å²) in [7, 11) is 0. The molecule has 68 valence electrons. The van der Waals surface area contributed by atoms with Crippen molar-refractivity contribution in [1.82, 2.24) is 14.6 Å². The van der Waals surface area contributed by atoms with Crippen molar-refractivity contribution in [3.63, 3.8) is 0 Å². The summed E-state index contributed by atoms with van der Waals surface area (Å²) in [4.78, 5) is 15.4. The molecule has 0 saturated carbocycles. The first kappa shape index (κ1) is 8.04. The lowest BCUT2D eigenvalue weighted by atomic mass is 10.1. The second kappa shape index (κ2) is 2.73. The fraction of sp³-hybridized carbons (Fsp3) is 0.333. The maximum Gasteiger partial charge on any atom is 0.224 e. The van der Waals surface area contributed by atoms with Gasteiger partial charge >= 0.3 is 0 Å². The van der Waals surface area contributed by atoms with Gasteiger partial charge in [0.25, 0.3) is 0 Å². The van der Waals surface area contributed by atoms with Crippen LogP contribution < -0.4 is 5.43 Å². The van der Waals surface area contributed by atoms with Gasteiger partial charge in [-0.05, 0) is 5.92 Å². The van der Waals surface area contributed by atoms with Crippen LogP contribution >= 0.6 is 0 Å². The molecule has 0 spiro atoms. The van der Waals surface area contributed by atoms with Gasteiger partial charge in [-0.25, -0.2) is 9.50 Å². The largest absolute Gasteiger partial charge is 0.297 e. The molecule has 0 atom stereocenters. The predicted octanol–water partition coefficient (Wildman–Crippen LogP) is 1.15. The number of hydrogen-bond acceptors (Lipinski definition) is 2. The third-order valence-electron chi connectivity index (χ3n) is 2.02. The van der Waals surface area contributed by atoms with Crippen molar-refractivity contribution < 1.29 is 0 Å². The van der Waals surface area contributed by atoms with E-state index < -0.39 is 0 Å². The second-order valence-corrected chi connectivity index (χ2v) is 3.35. The molecule has 4 heteroatoms. The van der Waals surface area contributed by atoms with Crippen molar-refractivity contribution in [2.45, 2.75) is 19.8 Å². The van der Waals surface area contributed by atoms with Crippen molar-refractivity contribution >= 4 is 5.65 Å². The molecule has 2 rings (SSSR count). The van der Waals surface area contributed by atoms with Gasteiger partial charge in [-0.1, -0.05) is 13.8 Å². The Balaban J connectivity index is 2.77. The summed E-state index contributed by atoms with van der Waals surface area (Å²) < 4.78 is 1.65. The molecule has 0 radical (unpaired) electrons. The number of hydrogen-bond donors (Lipinski definition) is 1. The standard InChI is InChI=1S/C9H11N3O/c1-6(2)7-5-8(13)9-10-3-4-12(9)11-7/h3-6,11H,1-2H3. The van der Waals surface area contributed by atoms with E-state index in [1.165, 1.54) is 0 Å². The first-order valence-corrected chi connectivity index (χ1v) is 4.25. The molecule has 0 aliphatic heterocycles. The zero-order valence-corrected chi connectivity index (χ0v) is 7.61. The summed E-state index contributed by atoms with van der Waals surface area (Å²) in [5, 5.41) is 3.10. The molecule has 0 aliphatic rings. The van der Waals surface area contributed by atoms with Crippen LogP contribution in [0, 0.1) is 0 Å². The monoisotopic (exact) mass is 177 g/mol. The van der Waals surface area contributed by atoms with Crippen molar-refractivity contribution in [1.29, 1.82) is 0 Å². The third-order valence-corrected chi connectivity index (χ3v) is 2.02. The van der Waals surface area contributed by atoms with Gasteiger partial charge in [0.1, 0.15) is 0 Å². The van der Waals surface area contributed by atoms with E-state index in [9.17, 15) is 4.79 Å². The van der Waals surface area contributed by atoms with E-state index in [1.54, 1.807) is 23.0 Å². The SMILES string of the molecule is CC(C)c1cc(=O)c2nccn2[nH]1. The van der Waals surface area contributed by atoms with Crippen LogP contribution in [0.2, 0.25) is 0 Å². The van der Waals surface area contributed by atoms with Crippen LogP contribution in [0.15, 0.2) is 23.3 Å². The highest BCUT2D eigenvalue weighted by molar-refractivity contribution is 5.36. The second-order valence-electron chi connectivity index (χ2n) is 3.35. The molecule has 2 aromatic heterocycles. The van der Waals surface area contributed by atoms with Gasteiger partial charge in [0.05, 0.1) is 0 Å². The topological polar surface area (TPSA) is 50.2 Å². The van der Waals surface area contributed by atoms with Gasteiger partial charge in [0.2, 0.25) is 5.43 Å². The van der Waals surface area contributed by atoms with Gasteiger partial charge in [0, 0.05) is 24.2 Å². The molecule has 4 nitrogen and oxygen atoms in total. The number of aromatic nitrogens is 3. The van der Waals surface area contributed by atoms with Gasteiger partial charge in [-0.2, -0.15) is 0 Å². The summed E-state index contributed by atoms with van der Waals surface area (Å²) >= 11 is 0. The minimum atomic E-state index is -0.0348. The van der Waals surface area contributed by atoms with Crippen LogP contribution in [-0.2, 0) is 0 Å². The summed E-state index contributed by atoms with van der Waals surface area (Å²) in [6.45, 7) is 4.07. The van der Waals surface area contributed by atoms with E-state index in [0.717, 1.165) is 5.69 Å². The lowest BCUT2D eigenvalue weighted by Gasteiger charge is -2.05. The molecule has 1 N–H and O–H groups in total. The molecular formula is C9H11N3O. The highest BCUT2D eigenvalue weighted by Crippen LogP contribution is 2.08. The molecular weight excluding hydrogens is 166 g/mol. The van der Waals surface area contributed by atoms with Crippen LogP contribution in [0.3, 0.4) is 0 Å². The van der Waals surface area contributed by atoms with Crippen molar-refractivity contribution in [3.05, 3.63) is 34.4 Å². The number of nitrogens with zero attached hydrogens (tertiary/aromatic N) is 2. The Morgan fingerprint density at radius 3 is 3.00 bits per heavy atom. The van der Waals surface area contributed by atoms with E-state index in [1.807, 2.05) is 13.8 Å². The summed E-state index contributed by atoms with van der Waals surface area (Å²) in [5.41, 5.74) is 1.34. The third kappa shape index (κ3) is 1.24. The molecule has 2 heterocycles. The number of nitrogens with one attached hydrogen (secondary N) is 1. The molecule has 2 aromatic rings. The van der Waals surface area contributed by atoms with E-state index in [2.05, 4.69) is 10.1 Å². The Bertz CT molecular complexity index is 481. The van der Waals surface area contributed by atoms with E-state index in [0.29, 0.717) is 11.6 Å². The van der Waals surface area contributed by atoms with Gasteiger partial charge in [-0.3, -0.25) is 9.89 Å². The fourth-order valence-corrected chi connectivity index (χ4v) is 1.25. The van der Waals surface area contributed by atoms with E-state index in [-0.39, 0.29) is 5.43 Å². The van der Waals surface area contributed by atoms with Gasteiger partial charge < -0.3 is 0 Å². The Kier molecular flexibility index (Phi) is 1.69. The van der Waals surface area contributed by atoms with Crippen LogP contribution in [0.4, 0.5) is 0 Å². The molecule has 0 aliphatic carbocycles. The average Bonchev–Trinajstić information content (AvgIpc) is 2.51. The van der Waals surface area contributed by atoms with Crippen LogP contribution in [-0.4, -0.2) is 14.6 Å². The number of fused-ring (bicyclic) bond motifs is 1. The summed E-state index contributed by atoms with van der Waals surface area (Å²) in [6.07, 6.45) is 3.35. The van der Waals surface area contributed by atoms with Crippen LogP contribution in [0.25, 0.3) is 5.65 Å². The zero-order chi connectivity index (χ0) is 9.42. The maximum atomic E-state index is 11.5. The smallest absolute Gasteiger partial charge is 0.224 e. The number of rotatable bonds is 1. The normalized spacial score (nSPS) is 11.3. The maximum absolute atomic E-state index is 11.5. The zero-order valence-electron chi connectivity index (χ0n) is 7.61. The number of imidazole rings is 1. The summed E-state index contributed by atoms with van der Waals surface area (Å²) in [5.74, 6) is 0.319. The molecule has 0 amide bonds. The van der Waals surface area contributed by atoms with Gasteiger partial charge in [0.15, 0.2) is 5.65 Å². The molecule has 0 unspecified atom stereocenters. The van der Waals surface area contributed by atoms with E-state index in [4.69, 9.17) is 0 Å². The minimum Gasteiger partial charge on any atom is -0.297 e. The van der Waals surface area contributed by atoms with Crippen molar-refractivity contribution in [2.24, 2.45) is 0 Å². The van der Waals surface area contributed by atoms with Crippen LogP contribution in [0.5, 0.6) is 0 Å². The molecule has 13 heavy (non-hydrogen) atoms. The Labute approximate surface area is 75.2 Å². The fourth-order valence-electron chi connectivity index (χ4n) is 1.25. The molecule has 0 bridgehead atoms. The Hall–Kier alpha value is -1.58.